The summed E-state index contributed by atoms with van der Waals surface area (Å²) in [7, 11) is 0. The molecule has 0 unspecified atom stereocenters. The molecule has 0 aromatic heterocycles. The average Bonchev–Trinajstić information content (AvgIpc) is 2.32. The van der Waals surface area contributed by atoms with Crippen LogP contribution in [0.5, 0.6) is 5.75 Å². The molecule has 1 rings (SSSR count). The molecule has 0 fully saturated rings. The Morgan fingerprint density at radius 2 is 2.29 bits per heavy atom. The van der Waals surface area contributed by atoms with Crippen LogP contribution in [0.1, 0.15) is 19.8 Å². The molecule has 0 bridgehead atoms. The van der Waals surface area contributed by atoms with Crippen molar-refractivity contribution < 1.29 is 18.8 Å². The number of nitrogens with one attached hydrogen (secondary N) is 1. The minimum absolute atomic E-state index is 0.185. The van der Waals surface area contributed by atoms with E-state index in [0.717, 1.165) is 0 Å². The van der Waals surface area contributed by atoms with E-state index in [1.807, 2.05) is 0 Å². The van der Waals surface area contributed by atoms with E-state index in [1.54, 1.807) is 19.1 Å². The Bertz CT molecular complexity index is 357. The molecule has 0 aliphatic heterocycles. The van der Waals surface area contributed by atoms with Gasteiger partial charge in [-0.3, -0.25) is 9.63 Å². The van der Waals surface area contributed by atoms with Crippen molar-refractivity contribution in [1.29, 1.82) is 0 Å². The topological polar surface area (TPSA) is 47.6 Å². The molecule has 0 aliphatic carbocycles. The normalized spacial score (nSPS) is 10.0. The minimum Gasteiger partial charge on any atom is -0.493 e. The molecule has 0 atom stereocenters. The number of carbonyl (C=O) groups excluding carboxylic acids is 1. The van der Waals surface area contributed by atoms with Crippen molar-refractivity contribution >= 4 is 5.91 Å². The average molecular weight is 241 g/mol. The van der Waals surface area contributed by atoms with E-state index in [2.05, 4.69) is 5.48 Å². The lowest BCUT2D eigenvalue weighted by molar-refractivity contribution is -0.133. The Kier molecular flexibility index (Phi) is 6.03. The zero-order chi connectivity index (χ0) is 12.5. The first-order chi connectivity index (χ1) is 8.22. The zero-order valence-electron chi connectivity index (χ0n) is 9.74. The lowest BCUT2D eigenvalue weighted by Crippen LogP contribution is -2.23. The maximum Gasteiger partial charge on any atom is 0.243 e. The van der Waals surface area contributed by atoms with Crippen LogP contribution in [0.3, 0.4) is 0 Å². The van der Waals surface area contributed by atoms with E-state index >= 15 is 0 Å². The summed E-state index contributed by atoms with van der Waals surface area (Å²) in [4.78, 5) is 15.9. The van der Waals surface area contributed by atoms with Crippen LogP contribution in [0.15, 0.2) is 24.3 Å². The summed E-state index contributed by atoms with van der Waals surface area (Å²) in [5, 5.41) is 0. The van der Waals surface area contributed by atoms with Crippen LogP contribution in [0.2, 0.25) is 0 Å². The molecular weight excluding hydrogens is 225 g/mol. The quantitative estimate of drug-likeness (QED) is 0.587. The summed E-state index contributed by atoms with van der Waals surface area (Å²) in [6.45, 7) is 2.59. The van der Waals surface area contributed by atoms with Gasteiger partial charge in [0.05, 0.1) is 13.2 Å². The molecule has 94 valence electrons. The third-order valence-corrected chi connectivity index (χ3v) is 1.94. The van der Waals surface area contributed by atoms with Crippen molar-refractivity contribution in [3.8, 4) is 5.75 Å². The Morgan fingerprint density at radius 1 is 1.47 bits per heavy atom. The van der Waals surface area contributed by atoms with E-state index in [-0.39, 0.29) is 11.7 Å². The molecule has 5 heteroatoms. The van der Waals surface area contributed by atoms with Gasteiger partial charge in [-0.05, 0) is 25.5 Å². The predicted octanol–water partition coefficient (Wildman–Crippen LogP) is 2.05. The molecule has 1 N–H and O–H groups in total. The maximum atomic E-state index is 12.8. The van der Waals surface area contributed by atoms with Gasteiger partial charge in [-0.1, -0.05) is 6.07 Å². The second-order valence-corrected chi connectivity index (χ2v) is 3.37. The van der Waals surface area contributed by atoms with Crippen LogP contribution in [0.4, 0.5) is 4.39 Å². The summed E-state index contributed by atoms with van der Waals surface area (Å²) in [6, 6.07) is 5.90. The molecule has 1 aromatic carbocycles. The molecule has 0 aliphatic rings. The van der Waals surface area contributed by atoms with Crippen molar-refractivity contribution in [3.63, 3.8) is 0 Å². The molecule has 4 nitrogen and oxygen atoms in total. The number of halogens is 1. The summed E-state index contributed by atoms with van der Waals surface area (Å²) in [6.07, 6.45) is 0.866. The van der Waals surface area contributed by atoms with Crippen molar-refractivity contribution in [1.82, 2.24) is 5.48 Å². The highest BCUT2D eigenvalue weighted by Gasteiger charge is 2.01. The Labute approximate surface area is 99.7 Å². The lowest BCUT2D eigenvalue weighted by atomic mass is 10.3. The van der Waals surface area contributed by atoms with Gasteiger partial charge >= 0.3 is 0 Å². The van der Waals surface area contributed by atoms with E-state index < -0.39 is 0 Å². The number of ether oxygens (including phenoxy) is 1. The standard InChI is InChI=1S/C12H16FNO3/c1-2-17-14-12(15)7-4-8-16-11-6-3-5-10(13)9-11/h3,5-6,9H,2,4,7-8H2,1H3,(H,14,15). The highest BCUT2D eigenvalue weighted by atomic mass is 19.1. The van der Waals surface area contributed by atoms with E-state index in [0.29, 0.717) is 31.8 Å². The van der Waals surface area contributed by atoms with Gasteiger partial charge < -0.3 is 4.74 Å². The van der Waals surface area contributed by atoms with Gasteiger partial charge in [0, 0.05) is 12.5 Å². The first-order valence-corrected chi connectivity index (χ1v) is 5.51. The fraction of sp³-hybridized carbons (Fsp3) is 0.417. The third kappa shape index (κ3) is 5.87. The second-order valence-electron chi connectivity index (χ2n) is 3.37. The number of benzene rings is 1. The molecule has 1 aromatic rings. The summed E-state index contributed by atoms with van der Waals surface area (Å²) in [5.41, 5.74) is 2.29. The molecule has 0 heterocycles. The lowest BCUT2D eigenvalue weighted by Gasteiger charge is -2.06. The third-order valence-electron chi connectivity index (χ3n) is 1.94. The number of amides is 1. The van der Waals surface area contributed by atoms with Gasteiger partial charge in [-0.2, -0.15) is 0 Å². The van der Waals surface area contributed by atoms with Crippen molar-refractivity contribution in [2.75, 3.05) is 13.2 Å². The monoisotopic (exact) mass is 241 g/mol. The molecule has 0 spiro atoms. The Morgan fingerprint density at radius 3 is 3.00 bits per heavy atom. The van der Waals surface area contributed by atoms with Gasteiger partial charge in [0.2, 0.25) is 5.91 Å². The number of hydroxylamine groups is 1. The molecule has 0 saturated carbocycles. The molecule has 0 radical (unpaired) electrons. The SMILES string of the molecule is CCONC(=O)CCCOc1cccc(F)c1. The summed E-state index contributed by atoms with van der Waals surface area (Å²) in [5.74, 6) is -0.0542. The molecule has 1 amide bonds. The summed E-state index contributed by atoms with van der Waals surface area (Å²) >= 11 is 0. The van der Waals surface area contributed by atoms with Crippen LogP contribution >= 0.6 is 0 Å². The van der Waals surface area contributed by atoms with Crippen LogP contribution < -0.4 is 10.2 Å². The fourth-order valence-electron chi connectivity index (χ4n) is 1.18. The van der Waals surface area contributed by atoms with Crippen LogP contribution in [-0.2, 0) is 9.63 Å². The van der Waals surface area contributed by atoms with Crippen LogP contribution in [-0.4, -0.2) is 19.1 Å². The molecule has 17 heavy (non-hydrogen) atoms. The van der Waals surface area contributed by atoms with Gasteiger partial charge in [0.1, 0.15) is 11.6 Å². The number of hydrogen-bond donors (Lipinski definition) is 1. The summed E-state index contributed by atoms with van der Waals surface area (Å²) < 4.78 is 18.1. The number of hydrogen-bond acceptors (Lipinski definition) is 3. The maximum absolute atomic E-state index is 12.8. The van der Waals surface area contributed by atoms with Crippen LogP contribution in [0, 0.1) is 5.82 Å². The highest BCUT2D eigenvalue weighted by Crippen LogP contribution is 2.12. The van der Waals surface area contributed by atoms with E-state index in [1.165, 1.54) is 12.1 Å². The Hall–Kier alpha value is -1.62. The first kappa shape index (κ1) is 13.4. The smallest absolute Gasteiger partial charge is 0.243 e. The van der Waals surface area contributed by atoms with Gasteiger partial charge in [-0.15, -0.1) is 0 Å². The van der Waals surface area contributed by atoms with Crippen molar-refractivity contribution in [3.05, 3.63) is 30.1 Å². The number of rotatable bonds is 7. The largest absolute Gasteiger partial charge is 0.493 e. The van der Waals surface area contributed by atoms with E-state index in [4.69, 9.17) is 9.57 Å². The fourth-order valence-corrected chi connectivity index (χ4v) is 1.18. The Balaban J connectivity index is 2.14. The van der Waals surface area contributed by atoms with Gasteiger partial charge in [-0.25, -0.2) is 9.87 Å². The minimum atomic E-state index is -0.336. The first-order valence-electron chi connectivity index (χ1n) is 5.51. The van der Waals surface area contributed by atoms with Crippen LogP contribution in [0.25, 0.3) is 0 Å². The molecular formula is C12H16FNO3. The molecule has 0 saturated heterocycles. The van der Waals surface area contributed by atoms with Gasteiger partial charge in [0.25, 0.3) is 0 Å². The zero-order valence-corrected chi connectivity index (χ0v) is 9.74. The van der Waals surface area contributed by atoms with E-state index in [9.17, 15) is 9.18 Å². The van der Waals surface area contributed by atoms with Crippen molar-refractivity contribution in [2.24, 2.45) is 0 Å². The van der Waals surface area contributed by atoms with Gasteiger partial charge in [0.15, 0.2) is 0 Å². The highest BCUT2D eigenvalue weighted by molar-refractivity contribution is 5.74. The second kappa shape index (κ2) is 7.62. The number of carbonyl (C=O) groups is 1. The van der Waals surface area contributed by atoms with Crippen molar-refractivity contribution in [2.45, 2.75) is 19.8 Å². The predicted molar refractivity (Wildman–Crippen MR) is 60.9 cm³/mol.